The lowest BCUT2D eigenvalue weighted by molar-refractivity contribution is -0.154. The molecule has 10 heteroatoms. The molecule has 0 radical (unpaired) electrons. The first-order chi connectivity index (χ1) is 16.0. The number of esters is 2. The second kappa shape index (κ2) is 12.4. The second-order valence-corrected chi connectivity index (χ2v) is 11.3. The summed E-state index contributed by atoms with van der Waals surface area (Å²) in [6, 6.07) is 0. The summed E-state index contributed by atoms with van der Waals surface area (Å²) in [5.41, 5.74) is -1.64. The molecule has 2 heterocycles. The van der Waals surface area contributed by atoms with Gasteiger partial charge >= 0.3 is 24.1 Å². The van der Waals surface area contributed by atoms with E-state index in [0.29, 0.717) is 26.2 Å². The van der Waals surface area contributed by atoms with Gasteiger partial charge in [-0.1, -0.05) is 0 Å². The van der Waals surface area contributed by atoms with Gasteiger partial charge in [0.1, 0.15) is 11.2 Å². The van der Waals surface area contributed by atoms with Crippen LogP contribution < -0.4 is 0 Å². The average Bonchev–Trinajstić information content (AvgIpc) is 2.76. The normalized spacial score (nSPS) is 22.8. The van der Waals surface area contributed by atoms with Gasteiger partial charge in [0.25, 0.3) is 0 Å². The Labute approximate surface area is 209 Å². The van der Waals surface area contributed by atoms with Gasteiger partial charge in [-0.05, 0) is 74.1 Å². The number of rotatable bonds is 2. The average molecular weight is 501 g/mol. The van der Waals surface area contributed by atoms with Gasteiger partial charge in [0.15, 0.2) is 0 Å². The number of likely N-dealkylation sites (tertiary alicyclic amines) is 2. The zero-order chi connectivity index (χ0) is 27.0. The fraction of sp³-hybridized carbons (Fsp3) is 0.840. The van der Waals surface area contributed by atoms with E-state index in [1.165, 1.54) is 14.2 Å². The van der Waals surface area contributed by atoms with Crippen LogP contribution in [-0.4, -0.2) is 85.5 Å². The Hall–Kier alpha value is -2.52. The fourth-order valence-corrected chi connectivity index (χ4v) is 3.96. The van der Waals surface area contributed by atoms with Crippen molar-refractivity contribution in [2.45, 2.75) is 85.4 Å². The molecule has 0 aromatic heterocycles. The van der Waals surface area contributed by atoms with E-state index in [1.807, 2.05) is 48.5 Å². The van der Waals surface area contributed by atoms with Gasteiger partial charge in [-0.2, -0.15) is 0 Å². The SMILES string of the molecule is COC(=O)C1(C)CCCN(C(=O)OC(C)(C)C)C1.COC(=O)C1CCCN(C(=O)OC(C)(C)C)C1. The van der Waals surface area contributed by atoms with Crippen LogP contribution in [0.4, 0.5) is 9.59 Å². The van der Waals surface area contributed by atoms with Crippen molar-refractivity contribution < 1.29 is 38.1 Å². The third-order valence-corrected chi connectivity index (χ3v) is 5.63. The Morgan fingerprint density at radius 1 is 0.800 bits per heavy atom. The molecule has 0 aromatic rings. The molecule has 0 saturated carbocycles. The molecular weight excluding hydrogens is 456 g/mol. The minimum absolute atomic E-state index is 0.221. The molecule has 2 atom stereocenters. The number of carbonyl (C=O) groups excluding carboxylic acids is 4. The monoisotopic (exact) mass is 500 g/mol. The highest BCUT2D eigenvalue weighted by Crippen LogP contribution is 2.31. The van der Waals surface area contributed by atoms with E-state index < -0.39 is 16.6 Å². The van der Waals surface area contributed by atoms with Crippen molar-refractivity contribution in [3.05, 3.63) is 0 Å². The van der Waals surface area contributed by atoms with Gasteiger partial charge in [0.05, 0.1) is 25.6 Å². The summed E-state index contributed by atoms with van der Waals surface area (Å²) < 4.78 is 20.1. The number of ether oxygens (including phenoxy) is 4. The first kappa shape index (κ1) is 30.5. The quantitative estimate of drug-likeness (QED) is 0.413. The standard InChI is InChI=1S/C13H23NO4.C12H21NO4/c1-12(2,3)18-11(16)14-8-6-7-13(4,9-14)10(15)17-5;1-12(2,3)17-11(15)13-7-5-6-9(8-13)10(14)16-4/h6-9H2,1-5H3;9H,5-8H2,1-4H3. The van der Waals surface area contributed by atoms with E-state index in [-0.39, 0.29) is 30.0 Å². The van der Waals surface area contributed by atoms with Crippen molar-refractivity contribution in [2.75, 3.05) is 40.4 Å². The third kappa shape index (κ3) is 10.3. The highest BCUT2D eigenvalue weighted by atomic mass is 16.6. The largest absolute Gasteiger partial charge is 0.469 e. The maximum atomic E-state index is 12.0. The number of hydrogen-bond acceptors (Lipinski definition) is 8. The molecule has 0 N–H and O–H groups in total. The van der Waals surface area contributed by atoms with Crippen LogP contribution >= 0.6 is 0 Å². The first-order valence-corrected chi connectivity index (χ1v) is 12.1. The predicted molar refractivity (Wildman–Crippen MR) is 130 cm³/mol. The lowest BCUT2D eigenvalue weighted by Crippen LogP contribution is -2.50. The molecule has 35 heavy (non-hydrogen) atoms. The van der Waals surface area contributed by atoms with E-state index in [0.717, 1.165) is 25.7 Å². The van der Waals surface area contributed by atoms with E-state index in [9.17, 15) is 19.2 Å². The first-order valence-electron chi connectivity index (χ1n) is 12.1. The summed E-state index contributed by atoms with van der Waals surface area (Å²) in [5.74, 6) is -0.740. The topological polar surface area (TPSA) is 112 Å². The molecule has 202 valence electrons. The van der Waals surface area contributed by atoms with E-state index in [2.05, 4.69) is 0 Å². The molecule has 2 aliphatic rings. The number of nitrogens with zero attached hydrogens (tertiary/aromatic N) is 2. The van der Waals surface area contributed by atoms with Crippen LogP contribution in [0.5, 0.6) is 0 Å². The summed E-state index contributed by atoms with van der Waals surface area (Å²) >= 11 is 0. The number of carbonyl (C=O) groups is 4. The maximum Gasteiger partial charge on any atom is 0.410 e. The van der Waals surface area contributed by atoms with Gasteiger partial charge in [-0.15, -0.1) is 0 Å². The third-order valence-electron chi connectivity index (χ3n) is 5.63. The van der Waals surface area contributed by atoms with Gasteiger partial charge < -0.3 is 28.7 Å². The summed E-state index contributed by atoms with van der Waals surface area (Å²) in [7, 11) is 2.74. The molecule has 2 amide bonds. The number of piperidine rings is 2. The van der Waals surface area contributed by atoms with Crippen molar-refractivity contribution in [3.8, 4) is 0 Å². The van der Waals surface area contributed by atoms with Crippen molar-refractivity contribution in [1.29, 1.82) is 0 Å². The van der Waals surface area contributed by atoms with E-state index >= 15 is 0 Å². The lowest BCUT2D eigenvalue weighted by Gasteiger charge is -2.38. The van der Waals surface area contributed by atoms with Crippen molar-refractivity contribution in [2.24, 2.45) is 11.3 Å². The Morgan fingerprint density at radius 3 is 1.80 bits per heavy atom. The van der Waals surface area contributed by atoms with E-state index in [1.54, 1.807) is 9.80 Å². The molecule has 10 nitrogen and oxygen atoms in total. The molecule has 2 saturated heterocycles. The van der Waals surface area contributed by atoms with Crippen molar-refractivity contribution in [1.82, 2.24) is 9.80 Å². The van der Waals surface area contributed by atoms with Gasteiger partial charge in [0.2, 0.25) is 0 Å². The Bertz CT molecular complexity index is 756. The van der Waals surface area contributed by atoms with Crippen LogP contribution in [0, 0.1) is 11.3 Å². The molecule has 2 rings (SSSR count). The predicted octanol–water partition coefficient (Wildman–Crippen LogP) is 4.00. The van der Waals surface area contributed by atoms with Crippen molar-refractivity contribution >= 4 is 24.1 Å². The summed E-state index contributed by atoms with van der Waals surface area (Å²) in [5, 5.41) is 0. The molecule has 0 bridgehead atoms. The minimum atomic E-state index is -0.621. The van der Waals surface area contributed by atoms with Gasteiger partial charge in [0, 0.05) is 26.2 Å². The van der Waals surface area contributed by atoms with Gasteiger partial charge in [-0.25, -0.2) is 9.59 Å². The molecule has 2 unspecified atom stereocenters. The van der Waals surface area contributed by atoms with Crippen LogP contribution in [0.1, 0.15) is 74.1 Å². The highest BCUT2D eigenvalue weighted by molar-refractivity contribution is 5.78. The smallest absolute Gasteiger partial charge is 0.410 e. The molecule has 0 aliphatic carbocycles. The zero-order valence-corrected chi connectivity index (χ0v) is 22.9. The summed E-state index contributed by atoms with van der Waals surface area (Å²) in [6.07, 6.45) is 2.37. The number of methoxy groups -OCH3 is 2. The highest BCUT2D eigenvalue weighted by Gasteiger charge is 2.41. The van der Waals surface area contributed by atoms with Crippen LogP contribution in [-0.2, 0) is 28.5 Å². The van der Waals surface area contributed by atoms with Crippen LogP contribution in [0.25, 0.3) is 0 Å². The summed E-state index contributed by atoms with van der Waals surface area (Å²) in [4.78, 5) is 50.1. The summed E-state index contributed by atoms with van der Waals surface area (Å²) in [6.45, 7) is 14.8. The van der Waals surface area contributed by atoms with Gasteiger partial charge in [-0.3, -0.25) is 9.59 Å². The number of amides is 2. The van der Waals surface area contributed by atoms with Crippen LogP contribution in [0.15, 0.2) is 0 Å². The van der Waals surface area contributed by atoms with E-state index in [4.69, 9.17) is 18.9 Å². The molecule has 2 aliphatic heterocycles. The second-order valence-electron chi connectivity index (χ2n) is 11.3. The Kier molecular flexibility index (Phi) is 10.8. The fourth-order valence-electron chi connectivity index (χ4n) is 3.96. The molecule has 0 spiro atoms. The van der Waals surface area contributed by atoms with Crippen LogP contribution in [0.2, 0.25) is 0 Å². The Morgan fingerprint density at radius 2 is 1.31 bits per heavy atom. The minimum Gasteiger partial charge on any atom is -0.469 e. The van der Waals surface area contributed by atoms with Crippen LogP contribution in [0.3, 0.4) is 0 Å². The molecule has 0 aromatic carbocycles. The Balaban J connectivity index is 0.000000351. The molecule has 2 fully saturated rings. The maximum absolute atomic E-state index is 12.0. The number of hydrogen-bond donors (Lipinski definition) is 0. The lowest BCUT2D eigenvalue weighted by atomic mass is 9.82. The zero-order valence-electron chi connectivity index (χ0n) is 22.9. The molecular formula is C25H44N2O8. The van der Waals surface area contributed by atoms with Crippen molar-refractivity contribution in [3.63, 3.8) is 0 Å².